The molecule has 8 atom stereocenters. The number of carbonyl (C=O) groups is 10. The van der Waals surface area contributed by atoms with Crippen LogP contribution < -0.4 is 55.7 Å². The average molecular weight is 1010 g/mol. The van der Waals surface area contributed by atoms with Crippen LogP contribution in [0.5, 0.6) is 0 Å². The number of hydrogen-bond donors (Lipinski definition) is 11. The first-order valence-corrected chi connectivity index (χ1v) is 24.6. The summed E-state index contributed by atoms with van der Waals surface area (Å²) in [7, 11) is 0. The fourth-order valence-electron chi connectivity index (χ4n) is 8.95. The summed E-state index contributed by atoms with van der Waals surface area (Å²) in [5, 5.41) is 10.9. The zero-order valence-electron chi connectivity index (χ0n) is 39.9. The Morgan fingerprint density at radius 1 is 0.831 bits per heavy atom. The van der Waals surface area contributed by atoms with Crippen LogP contribution >= 0.6 is 11.8 Å². The number of H-pyrrole nitrogens is 1. The predicted octanol–water partition coefficient (Wildman–Crippen LogP) is -3.80. The lowest BCUT2D eigenvalue weighted by atomic mass is 9.98. The van der Waals surface area contributed by atoms with Crippen LogP contribution in [0, 0.1) is 5.92 Å². The van der Waals surface area contributed by atoms with Gasteiger partial charge in [-0.1, -0.05) is 32.0 Å². The summed E-state index contributed by atoms with van der Waals surface area (Å²) in [5.41, 5.74) is 34.7. The third-order valence-corrected chi connectivity index (χ3v) is 13.8. The van der Waals surface area contributed by atoms with Crippen molar-refractivity contribution < 1.29 is 47.9 Å². The van der Waals surface area contributed by atoms with E-state index in [-0.39, 0.29) is 88.8 Å². The van der Waals surface area contributed by atoms with Gasteiger partial charge in [-0.2, -0.15) is 0 Å². The van der Waals surface area contributed by atoms with Crippen molar-refractivity contribution in [3.8, 4) is 0 Å². The Morgan fingerprint density at radius 3 is 2.15 bits per heavy atom. The standard InChI is InChI=1S/C45H67N15O10S/c1-23(2)17-33-44(70)58(21-37-60(33)42(68)26(46)22-71-37)20-36(63)54-31(18-24-19-53-27-8-4-3-7-25(24)27)40(66)56-29(9-5-15-52-45(50)51)39(65)57-30(12-14-35(48)62)43(69)59-16-6-10-32(59)41(67)55-28(38(49)64)11-13-34(47)61/h3-4,7-8,19,23,26,28-33,37,53H,5-6,9-18,20-22,46H2,1-2H3,(H2,47,61)(H2,48,62)(H2,49,64)(H,54,63)(H,55,67)(H,56,66)(H,57,65)(H4,50,51,52)/t26-,28-,29-,30-,31-,32-,33-,37?/m0/s1. The maximum Gasteiger partial charge on any atom is 0.246 e. The molecular weight excluding hydrogens is 943 g/mol. The number of fused-ring (bicyclic) bond motifs is 2. The van der Waals surface area contributed by atoms with Crippen molar-refractivity contribution in [2.75, 3.05) is 31.9 Å². The van der Waals surface area contributed by atoms with E-state index in [0.717, 1.165) is 10.9 Å². The molecule has 0 radical (unpaired) electrons. The average Bonchev–Trinajstić information content (AvgIpc) is 3.97. The van der Waals surface area contributed by atoms with E-state index < -0.39 is 107 Å². The Labute approximate surface area is 414 Å². The minimum absolute atomic E-state index is 0.0209. The second kappa shape index (κ2) is 25.2. The summed E-state index contributed by atoms with van der Waals surface area (Å²) in [6.07, 6.45) is 1.42. The summed E-state index contributed by atoms with van der Waals surface area (Å²) < 4.78 is 0. The van der Waals surface area contributed by atoms with E-state index >= 15 is 0 Å². The Balaban J connectivity index is 1.39. The molecule has 3 aliphatic rings. The highest BCUT2D eigenvalue weighted by atomic mass is 32.2. The van der Waals surface area contributed by atoms with Crippen LogP contribution in [0.15, 0.2) is 35.5 Å². The molecule has 1 aromatic heterocycles. The number of carbonyl (C=O) groups excluding carboxylic acids is 10. The number of primary amides is 3. The van der Waals surface area contributed by atoms with Gasteiger partial charge in [-0.15, -0.1) is 11.8 Å². The number of amides is 10. The summed E-state index contributed by atoms with van der Waals surface area (Å²) in [5.74, 6) is -6.94. The van der Waals surface area contributed by atoms with Crippen LogP contribution in [0.4, 0.5) is 0 Å². The van der Waals surface area contributed by atoms with Crippen LogP contribution in [0.2, 0.25) is 0 Å². The van der Waals surface area contributed by atoms with E-state index in [9.17, 15) is 47.9 Å². The number of thioether (sulfide) groups is 1. The maximum absolute atomic E-state index is 14.6. The van der Waals surface area contributed by atoms with Gasteiger partial charge >= 0.3 is 0 Å². The topological polar surface area (TPSA) is 413 Å². The van der Waals surface area contributed by atoms with E-state index in [4.69, 9.17) is 34.4 Å². The second-order valence-corrected chi connectivity index (χ2v) is 19.6. The minimum atomic E-state index is -1.45. The lowest BCUT2D eigenvalue weighted by Crippen LogP contribution is -2.68. The zero-order valence-corrected chi connectivity index (χ0v) is 40.7. The van der Waals surface area contributed by atoms with Crippen molar-refractivity contribution >= 4 is 87.7 Å². The number of likely N-dealkylation sites (tertiary alicyclic amines) is 1. The SMILES string of the molecule is CC(C)C[C@H]1C(=O)N(CC(=O)N[C@@H](Cc2c[nH]c3ccccc23)C(=O)N[C@@H](CCCN=C(N)N)C(=O)N[C@@H](CCC(N)=O)C(=O)N2CCC[C@H]2C(=O)N[C@@H](CCC(N)=O)C(N)=O)CC2SC[C@H](N)C(=O)N21. The molecule has 388 valence electrons. The second-order valence-electron chi connectivity index (χ2n) is 18.4. The first kappa shape index (κ1) is 55.0. The van der Waals surface area contributed by atoms with E-state index in [1.165, 1.54) is 26.5 Å². The quantitative estimate of drug-likeness (QED) is 0.0258. The Morgan fingerprint density at radius 2 is 1.49 bits per heavy atom. The molecule has 26 heteroatoms. The third-order valence-electron chi connectivity index (χ3n) is 12.5. The molecule has 3 fully saturated rings. The van der Waals surface area contributed by atoms with E-state index in [0.29, 0.717) is 24.2 Å². The predicted molar refractivity (Wildman–Crippen MR) is 261 cm³/mol. The first-order chi connectivity index (χ1) is 33.6. The summed E-state index contributed by atoms with van der Waals surface area (Å²) >= 11 is 1.42. The number of guanidine groups is 1. The molecule has 17 N–H and O–H groups in total. The van der Waals surface area contributed by atoms with Gasteiger partial charge in [0.25, 0.3) is 0 Å². The third kappa shape index (κ3) is 15.0. The van der Waals surface area contributed by atoms with Crippen LogP contribution in [0.3, 0.4) is 0 Å². The van der Waals surface area contributed by atoms with Gasteiger partial charge in [0.2, 0.25) is 59.1 Å². The van der Waals surface area contributed by atoms with E-state index in [1.54, 1.807) is 12.3 Å². The molecule has 10 amide bonds. The van der Waals surface area contributed by atoms with Gasteiger partial charge in [-0.05, 0) is 62.5 Å². The Bertz CT molecular complexity index is 2360. The Hall–Kier alpha value is -6.96. The molecule has 3 aliphatic heterocycles. The molecule has 0 bridgehead atoms. The molecular formula is C45H67N15O10S. The minimum Gasteiger partial charge on any atom is -0.370 e. The summed E-state index contributed by atoms with van der Waals surface area (Å²) in [6.45, 7) is 3.53. The molecule has 1 unspecified atom stereocenters. The van der Waals surface area contributed by atoms with Crippen LogP contribution in [0.1, 0.15) is 77.2 Å². The number of aromatic amines is 1. The first-order valence-electron chi connectivity index (χ1n) is 23.6. The van der Waals surface area contributed by atoms with Gasteiger partial charge in [-0.3, -0.25) is 52.9 Å². The molecule has 71 heavy (non-hydrogen) atoms. The highest BCUT2D eigenvalue weighted by Gasteiger charge is 2.48. The van der Waals surface area contributed by atoms with Crippen LogP contribution in [0.25, 0.3) is 10.9 Å². The number of rotatable bonds is 25. The number of nitrogens with two attached hydrogens (primary N) is 6. The molecule has 5 rings (SSSR count). The smallest absolute Gasteiger partial charge is 0.246 e. The fraction of sp³-hybridized carbons (Fsp3) is 0.578. The van der Waals surface area contributed by atoms with E-state index in [1.807, 2.05) is 32.0 Å². The van der Waals surface area contributed by atoms with Crippen LogP contribution in [-0.4, -0.2) is 164 Å². The molecule has 0 aliphatic carbocycles. The molecule has 1 aromatic carbocycles. The van der Waals surface area contributed by atoms with Gasteiger partial charge in [0.1, 0.15) is 36.3 Å². The van der Waals surface area contributed by atoms with Gasteiger partial charge in [-0.25, -0.2) is 0 Å². The Kier molecular flexibility index (Phi) is 19.5. The molecule has 2 aromatic rings. The van der Waals surface area contributed by atoms with Gasteiger partial charge in [0.15, 0.2) is 5.96 Å². The maximum atomic E-state index is 14.6. The molecule has 0 saturated carbocycles. The number of nitrogens with one attached hydrogen (secondary N) is 5. The lowest BCUT2D eigenvalue weighted by Gasteiger charge is -2.49. The lowest BCUT2D eigenvalue weighted by molar-refractivity contribution is -0.155. The van der Waals surface area contributed by atoms with Crippen molar-refractivity contribution in [1.82, 2.24) is 41.0 Å². The fourth-order valence-corrected chi connectivity index (χ4v) is 10.2. The van der Waals surface area contributed by atoms with Gasteiger partial charge in [0.05, 0.1) is 24.5 Å². The monoisotopic (exact) mass is 1010 g/mol. The van der Waals surface area contributed by atoms with Crippen LogP contribution in [-0.2, 0) is 54.4 Å². The normalized spacial score (nSPS) is 20.6. The number of aliphatic imine (C=N–C) groups is 1. The van der Waals surface area contributed by atoms with E-state index in [2.05, 4.69) is 31.2 Å². The highest BCUT2D eigenvalue weighted by molar-refractivity contribution is 8.00. The number of para-hydroxylation sites is 1. The molecule has 3 saturated heterocycles. The number of aromatic nitrogens is 1. The number of hydrogen-bond acceptors (Lipinski definition) is 13. The summed E-state index contributed by atoms with van der Waals surface area (Å²) in [4.78, 5) is 145. The van der Waals surface area contributed by atoms with Gasteiger partial charge in [0, 0.05) is 55.2 Å². The number of piperazine rings is 1. The highest BCUT2D eigenvalue weighted by Crippen LogP contribution is 2.33. The zero-order chi connectivity index (χ0) is 52.1. The number of nitrogens with zero attached hydrogens (tertiary/aromatic N) is 4. The van der Waals surface area contributed by atoms with Crippen molar-refractivity contribution in [3.05, 3.63) is 36.0 Å². The van der Waals surface area contributed by atoms with Crippen molar-refractivity contribution in [3.63, 3.8) is 0 Å². The van der Waals surface area contributed by atoms with Crippen molar-refractivity contribution in [1.29, 1.82) is 0 Å². The molecule has 25 nitrogen and oxygen atoms in total. The molecule has 0 spiro atoms. The summed E-state index contributed by atoms with van der Waals surface area (Å²) in [6, 6.07) is -0.912. The number of benzene rings is 1. The largest absolute Gasteiger partial charge is 0.370 e. The molecule has 4 heterocycles. The van der Waals surface area contributed by atoms with Crippen molar-refractivity contribution in [2.45, 2.75) is 126 Å². The van der Waals surface area contributed by atoms with Gasteiger partial charge < -0.3 is 75.4 Å². The van der Waals surface area contributed by atoms with Crippen molar-refractivity contribution in [2.24, 2.45) is 45.3 Å².